The van der Waals surface area contributed by atoms with E-state index in [2.05, 4.69) is 48.2 Å². The molecule has 5 nitrogen and oxygen atoms in total. The first-order valence-electron chi connectivity index (χ1n) is 7.95. The number of aromatic nitrogens is 2. The minimum atomic E-state index is -0.0509. The van der Waals surface area contributed by atoms with Crippen molar-refractivity contribution in [3.05, 3.63) is 11.4 Å². The summed E-state index contributed by atoms with van der Waals surface area (Å²) in [5, 5.41) is 6.67. The van der Waals surface area contributed by atoms with E-state index in [1.807, 2.05) is 7.05 Å². The first-order chi connectivity index (χ1) is 9.91. The lowest BCUT2D eigenvalue weighted by molar-refractivity contribution is 0.352. The molecule has 0 aromatic carbocycles. The van der Waals surface area contributed by atoms with Gasteiger partial charge < -0.3 is 15.5 Å². The van der Waals surface area contributed by atoms with Crippen molar-refractivity contribution in [1.29, 1.82) is 0 Å². The molecule has 1 aromatic rings. The highest BCUT2D eigenvalue weighted by atomic mass is 15.2. The molecule has 2 rings (SSSR count). The van der Waals surface area contributed by atoms with E-state index in [9.17, 15) is 0 Å². The molecule has 118 valence electrons. The molecular formula is C16H29N5. The maximum absolute atomic E-state index is 4.74. The van der Waals surface area contributed by atoms with Crippen LogP contribution < -0.4 is 10.6 Å². The van der Waals surface area contributed by atoms with Crippen molar-refractivity contribution in [1.82, 2.24) is 14.9 Å². The summed E-state index contributed by atoms with van der Waals surface area (Å²) < 4.78 is 0. The van der Waals surface area contributed by atoms with Crippen LogP contribution in [0.5, 0.6) is 0 Å². The van der Waals surface area contributed by atoms with Gasteiger partial charge in [0, 0.05) is 31.1 Å². The Morgan fingerprint density at radius 1 is 1.10 bits per heavy atom. The second-order valence-electron chi connectivity index (χ2n) is 6.84. The summed E-state index contributed by atoms with van der Waals surface area (Å²) in [7, 11) is 1.91. The Labute approximate surface area is 128 Å². The van der Waals surface area contributed by atoms with Gasteiger partial charge in [-0.25, -0.2) is 9.97 Å². The molecule has 21 heavy (non-hydrogen) atoms. The standard InChI is InChI=1S/C16H29N5/c1-12-13(17-5)19-15(16(2,3)4)20-14(12)18-8-11-21-9-6-7-10-21/h6-11H2,1-5H3,(H2,17,18,19,20). The number of anilines is 2. The Morgan fingerprint density at radius 2 is 1.71 bits per heavy atom. The molecule has 1 fully saturated rings. The summed E-state index contributed by atoms with van der Waals surface area (Å²) in [6.45, 7) is 13.0. The van der Waals surface area contributed by atoms with Crippen LogP contribution in [0.25, 0.3) is 0 Å². The van der Waals surface area contributed by atoms with E-state index in [0.717, 1.165) is 36.1 Å². The highest BCUT2D eigenvalue weighted by Gasteiger charge is 2.21. The lowest BCUT2D eigenvalue weighted by Gasteiger charge is -2.21. The maximum atomic E-state index is 4.74. The molecule has 2 heterocycles. The highest BCUT2D eigenvalue weighted by molar-refractivity contribution is 5.57. The molecule has 1 aromatic heterocycles. The molecule has 1 aliphatic rings. The fraction of sp³-hybridized carbons (Fsp3) is 0.750. The van der Waals surface area contributed by atoms with Crippen LogP contribution in [0.3, 0.4) is 0 Å². The summed E-state index contributed by atoms with van der Waals surface area (Å²) in [6.07, 6.45) is 2.68. The number of nitrogens with zero attached hydrogens (tertiary/aromatic N) is 3. The topological polar surface area (TPSA) is 53.1 Å². The van der Waals surface area contributed by atoms with Crippen LogP contribution in [0.1, 0.15) is 45.0 Å². The fourth-order valence-corrected chi connectivity index (χ4v) is 2.61. The molecule has 0 saturated carbocycles. The van der Waals surface area contributed by atoms with Gasteiger partial charge in [0.1, 0.15) is 17.5 Å². The van der Waals surface area contributed by atoms with Gasteiger partial charge >= 0.3 is 0 Å². The van der Waals surface area contributed by atoms with Crippen molar-refractivity contribution in [2.75, 3.05) is 43.9 Å². The molecule has 0 amide bonds. The highest BCUT2D eigenvalue weighted by Crippen LogP contribution is 2.25. The number of likely N-dealkylation sites (tertiary alicyclic amines) is 1. The van der Waals surface area contributed by atoms with Gasteiger partial charge in [-0.1, -0.05) is 20.8 Å². The van der Waals surface area contributed by atoms with Crippen LogP contribution in [0.15, 0.2) is 0 Å². The average molecular weight is 291 g/mol. The molecule has 1 saturated heterocycles. The first-order valence-corrected chi connectivity index (χ1v) is 7.95. The van der Waals surface area contributed by atoms with Crippen LogP contribution in [-0.4, -0.2) is 48.1 Å². The number of hydrogen-bond donors (Lipinski definition) is 2. The van der Waals surface area contributed by atoms with Gasteiger partial charge in [-0.15, -0.1) is 0 Å². The van der Waals surface area contributed by atoms with Gasteiger partial charge in [0.15, 0.2) is 0 Å². The van der Waals surface area contributed by atoms with E-state index in [0.29, 0.717) is 0 Å². The molecular weight excluding hydrogens is 262 g/mol. The molecule has 0 bridgehead atoms. The van der Waals surface area contributed by atoms with E-state index in [1.165, 1.54) is 25.9 Å². The Morgan fingerprint density at radius 3 is 2.29 bits per heavy atom. The zero-order valence-corrected chi connectivity index (χ0v) is 14.1. The number of hydrogen-bond acceptors (Lipinski definition) is 5. The van der Waals surface area contributed by atoms with E-state index in [-0.39, 0.29) is 5.41 Å². The minimum Gasteiger partial charge on any atom is -0.373 e. The lowest BCUT2D eigenvalue weighted by Crippen LogP contribution is -2.27. The second kappa shape index (κ2) is 6.60. The summed E-state index contributed by atoms with van der Waals surface area (Å²) in [5.74, 6) is 2.75. The molecule has 1 aliphatic heterocycles. The summed E-state index contributed by atoms with van der Waals surface area (Å²) in [4.78, 5) is 11.9. The van der Waals surface area contributed by atoms with Gasteiger partial charge in [-0.2, -0.15) is 0 Å². The molecule has 0 radical (unpaired) electrons. The normalized spacial score (nSPS) is 16.2. The third kappa shape index (κ3) is 4.06. The predicted octanol–water partition coefficient (Wildman–Crippen LogP) is 2.63. The quantitative estimate of drug-likeness (QED) is 0.873. The lowest BCUT2D eigenvalue weighted by atomic mass is 9.95. The average Bonchev–Trinajstić information content (AvgIpc) is 2.92. The van der Waals surface area contributed by atoms with E-state index >= 15 is 0 Å². The monoisotopic (exact) mass is 291 g/mol. The van der Waals surface area contributed by atoms with Crippen molar-refractivity contribution >= 4 is 11.6 Å². The molecule has 0 spiro atoms. The van der Waals surface area contributed by atoms with Gasteiger partial charge in [-0.3, -0.25) is 0 Å². The van der Waals surface area contributed by atoms with Crippen molar-refractivity contribution in [2.45, 2.75) is 46.0 Å². The number of nitrogens with one attached hydrogen (secondary N) is 2. The summed E-state index contributed by atoms with van der Waals surface area (Å²) >= 11 is 0. The van der Waals surface area contributed by atoms with Crippen LogP contribution >= 0.6 is 0 Å². The third-order valence-electron chi connectivity index (χ3n) is 3.97. The van der Waals surface area contributed by atoms with Crippen molar-refractivity contribution in [3.8, 4) is 0 Å². The summed E-state index contributed by atoms with van der Waals surface area (Å²) in [5.41, 5.74) is 1.04. The van der Waals surface area contributed by atoms with Gasteiger partial charge in [0.05, 0.1) is 0 Å². The molecule has 2 N–H and O–H groups in total. The van der Waals surface area contributed by atoms with Crippen LogP contribution in [0.4, 0.5) is 11.6 Å². The van der Waals surface area contributed by atoms with Gasteiger partial charge in [0.2, 0.25) is 0 Å². The van der Waals surface area contributed by atoms with E-state index in [1.54, 1.807) is 0 Å². The van der Waals surface area contributed by atoms with Crippen molar-refractivity contribution < 1.29 is 0 Å². The molecule has 5 heteroatoms. The zero-order valence-electron chi connectivity index (χ0n) is 14.1. The van der Waals surface area contributed by atoms with Gasteiger partial charge in [-0.05, 0) is 32.9 Å². The smallest absolute Gasteiger partial charge is 0.138 e. The Bertz CT molecular complexity index is 472. The first kappa shape index (κ1) is 16.0. The Kier molecular flexibility index (Phi) is 5.04. The van der Waals surface area contributed by atoms with E-state index in [4.69, 9.17) is 4.98 Å². The molecule has 0 atom stereocenters. The molecule has 0 unspecified atom stereocenters. The second-order valence-corrected chi connectivity index (χ2v) is 6.84. The summed E-state index contributed by atoms with van der Waals surface area (Å²) in [6, 6.07) is 0. The van der Waals surface area contributed by atoms with Gasteiger partial charge in [0.25, 0.3) is 0 Å². The fourth-order valence-electron chi connectivity index (χ4n) is 2.61. The van der Waals surface area contributed by atoms with Crippen LogP contribution in [0, 0.1) is 6.92 Å². The zero-order chi connectivity index (χ0) is 15.5. The number of rotatable bonds is 5. The molecule has 0 aliphatic carbocycles. The predicted molar refractivity (Wildman–Crippen MR) is 89.2 cm³/mol. The van der Waals surface area contributed by atoms with E-state index < -0.39 is 0 Å². The largest absolute Gasteiger partial charge is 0.373 e. The minimum absolute atomic E-state index is 0.0509. The Hall–Kier alpha value is -1.36. The van der Waals surface area contributed by atoms with Crippen LogP contribution in [-0.2, 0) is 5.41 Å². The third-order valence-corrected chi connectivity index (χ3v) is 3.97. The van der Waals surface area contributed by atoms with Crippen molar-refractivity contribution in [3.63, 3.8) is 0 Å². The SMILES string of the molecule is CNc1nc(C(C)(C)C)nc(NCCN2CCCC2)c1C. The van der Waals surface area contributed by atoms with Crippen LogP contribution in [0.2, 0.25) is 0 Å². The van der Waals surface area contributed by atoms with Crippen molar-refractivity contribution in [2.24, 2.45) is 0 Å². The maximum Gasteiger partial charge on any atom is 0.138 e. The Balaban J connectivity index is 2.09.